The second kappa shape index (κ2) is 5.59. The van der Waals surface area contributed by atoms with Crippen LogP contribution in [0.4, 0.5) is 0 Å². The molecule has 1 atom stereocenters. The zero-order valence-electron chi connectivity index (χ0n) is 10.8. The van der Waals surface area contributed by atoms with E-state index in [4.69, 9.17) is 18.0 Å². The molecular formula is C14H17BrN2OS. The monoisotopic (exact) mass is 340 g/mol. The lowest BCUT2D eigenvalue weighted by Gasteiger charge is -2.39. The number of nitrogens with two attached hydrogens (primary N) is 1. The van der Waals surface area contributed by atoms with Crippen molar-refractivity contribution in [3.8, 4) is 0 Å². The van der Waals surface area contributed by atoms with Crippen LogP contribution in [-0.4, -0.2) is 10.9 Å². The van der Waals surface area contributed by atoms with E-state index in [1.807, 2.05) is 31.2 Å². The van der Waals surface area contributed by atoms with E-state index < -0.39 is 5.41 Å². The van der Waals surface area contributed by atoms with Gasteiger partial charge in [0.15, 0.2) is 0 Å². The van der Waals surface area contributed by atoms with Crippen molar-refractivity contribution < 1.29 is 4.79 Å². The summed E-state index contributed by atoms with van der Waals surface area (Å²) in [7, 11) is 0. The van der Waals surface area contributed by atoms with E-state index in [2.05, 4.69) is 21.2 Å². The number of carbonyl (C=O) groups excluding carboxylic acids is 1. The molecule has 0 bridgehead atoms. The summed E-state index contributed by atoms with van der Waals surface area (Å²) in [5, 5.41) is 3.02. The third kappa shape index (κ3) is 2.82. The van der Waals surface area contributed by atoms with Crippen LogP contribution in [0, 0.1) is 5.41 Å². The number of nitrogens with one attached hydrogen (secondary N) is 1. The standard InChI is InChI=1S/C14H17BrN2OS/c1-9(10-3-5-11(15)6-4-10)17-13(18)14(12(16)19)7-2-8-14/h3-6,9H,2,7-8H2,1H3,(H2,16,19)(H,17,18). The minimum atomic E-state index is -0.612. The van der Waals surface area contributed by atoms with Crippen molar-refractivity contribution in [2.24, 2.45) is 11.1 Å². The number of hydrogen-bond donors (Lipinski definition) is 2. The van der Waals surface area contributed by atoms with Gasteiger partial charge in [0.1, 0.15) is 0 Å². The van der Waals surface area contributed by atoms with Gasteiger partial charge in [0, 0.05) is 4.47 Å². The van der Waals surface area contributed by atoms with Crippen LogP contribution in [0.5, 0.6) is 0 Å². The fourth-order valence-corrected chi connectivity index (χ4v) is 2.85. The molecule has 0 saturated heterocycles. The molecule has 1 amide bonds. The first-order valence-corrected chi connectivity index (χ1v) is 7.52. The highest BCUT2D eigenvalue weighted by Crippen LogP contribution is 2.41. The molecule has 1 saturated carbocycles. The van der Waals surface area contributed by atoms with Gasteiger partial charge in [-0.3, -0.25) is 4.79 Å². The lowest BCUT2D eigenvalue weighted by molar-refractivity contribution is -0.131. The number of amides is 1. The predicted octanol–water partition coefficient (Wildman–Crippen LogP) is 3.08. The van der Waals surface area contributed by atoms with E-state index in [9.17, 15) is 4.79 Å². The van der Waals surface area contributed by atoms with E-state index in [0.29, 0.717) is 4.99 Å². The lowest BCUT2D eigenvalue weighted by atomic mass is 9.68. The van der Waals surface area contributed by atoms with E-state index in [0.717, 1.165) is 29.3 Å². The molecule has 0 aromatic heterocycles. The van der Waals surface area contributed by atoms with Crippen LogP contribution in [0.1, 0.15) is 37.8 Å². The molecule has 3 N–H and O–H groups in total. The minimum absolute atomic E-state index is 0.0401. The summed E-state index contributed by atoms with van der Waals surface area (Å²) < 4.78 is 1.02. The smallest absolute Gasteiger partial charge is 0.233 e. The van der Waals surface area contributed by atoms with Gasteiger partial charge in [0.05, 0.1) is 16.4 Å². The molecule has 2 rings (SSSR count). The molecule has 102 valence electrons. The fourth-order valence-electron chi connectivity index (χ4n) is 2.29. The summed E-state index contributed by atoms with van der Waals surface area (Å²) >= 11 is 8.45. The van der Waals surface area contributed by atoms with Gasteiger partial charge in [-0.15, -0.1) is 0 Å². The molecule has 3 nitrogen and oxygen atoms in total. The highest BCUT2D eigenvalue weighted by Gasteiger charge is 2.47. The first kappa shape index (κ1) is 14.5. The molecule has 1 aromatic carbocycles. The summed E-state index contributed by atoms with van der Waals surface area (Å²) in [4.78, 5) is 12.7. The molecule has 1 fully saturated rings. The highest BCUT2D eigenvalue weighted by molar-refractivity contribution is 9.10. The van der Waals surface area contributed by atoms with Crippen molar-refractivity contribution in [1.29, 1.82) is 0 Å². The van der Waals surface area contributed by atoms with Gasteiger partial charge in [-0.25, -0.2) is 0 Å². The SMILES string of the molecule is CC(NC(=O)C1(C(N)=S)CCC1)c1ccc(Br)cc1. The Kier molecular flexibility index (Phi) is 4.26. The van der Waals surface area contributed by atoms with Crippen LogP contribution in [0.2, 0.25) is 0 Å². The average molecular weight is 341 g/mol. The van der Waals surface area contributed by atoms with E-state index in [-0.39, 0.29) is 11.9 Å². The second-order valence-electron chi connectivity index (χ2n) is 5.05. The van der Waals surface area contributed by atoms with Gasteiger partial charge in [0.2, 0.25) is 5.91 Å². The summed E-state index contributed by atoms with van der Waals surface area (Å²) in [6.45, 7) is 1.97. The molecule has 1 aliphatic carbocycles. The lowest BCUT2D eigenvalue weighted by Crippen LogP contribution is -2.53. The fraction of sp³-hybridized carbons (Fsp3) is 0.429. The van der Waals surface area contributed by atoms with Crippen molar-refractivity contribution in [3.05, 3.63) is 34.3 Å². The average Bonchev–Trinajstić information content (AvgIpc) is 2.27. The Hall–Kier alpha value is -0.940. The quantitative estimate of drug-likeness (QED) is 0.828. The van der Waals surface area contributed by atoms with Gasteiger partial charge in [-0.1, -0.05) is 46.7 Å². The Morgan fingerprint density at radius 3 is 2.42 bits per heavy atom. The van der Waals surface area contributed by atoms with Gasteiger partial charge >= 0.3 is 0 Å². The number of thiocarbonyl (C=S) groups is 1. The van der Waals surface area contributed by atoms with Crippen molar-refractivity contribution >= 4 is 39.0 Å². The number of hydrogen-bond acceptors (Lipinski definition) is 2. The third-order valence-electron chi connectivity index (χ3n) is 3.83. The van der Waals surface area contributed by atoms with Crippen molar-refractivity contribution in [2.45, 2.75) is 32.2 Å². The molecule has 1 aliphatic rings. The molecule has 1 unspecified atom stereocenters. The minimum Gasteiger partial charge on any atom is -0.392 e. The van der Waals surface area contributed by atoms with Crippen LogP contribution in [-0.2, 0) is 4.79 Å². The molecule has 0 heterocycles. The van der Waals surface area contributed by atoms with Crippen molar-refractivity contribution in [3.63, 3.8) is 0 Å². The maximum Gasteiger partial charge on any atom is 0.233 e. The van der Waals surface area contributed by atoms with Gasteiger partial charge in [-0.05, 0) is 37.5 Å². The van der Waals surface area contributed by atoms with Crippen LogP contribution < -0.4 is 11.1 Å². The van der Waals surface area contributed by atoms with Crippen LogP contribution >= 0.6 is 28.1 Å². The zero-order valence-corrected chi connectivity index (χ0v) is 13.2. The molecule has 0 aliphatic heterocycles. The molecule has 19 heavy (non-hydrogen) atoms. The highest BCUT2D eigenvalue weighted by atomic mass is 79.9. The molecule has 0 radical (unpaired) electrons. The predicted molar refractivity (Wildman–Crippen MR) is 83.8 cm³/mol. The summed E-state index contributed by atoms with van der Waals surface area (Å²) in [5.74, 6) is -0.0401. The normalized spacial score (nSPS) is 18.2. The number of benzene rings is 1. The Balaban J connectivity index is 2.06. The Morgan fingerprint density at radius 1 is 1.42 bits per heavy atom. The number of carbonyl (C=O) groups is 1. The van der Waals surface area contributed by atoms with Crippen LogP contribution in [0.15, 0.2) is 28.7 Å². The van der Waals surface area contributed by atoms with Crippen molar-refractivity contribution in [2.75, 3.05) is 0 Å². The molecule has 0 spiro atoms. The van der Waals surface area contributed by atoms with Gasteiger partial charge < -0.3 is 11.1 Å². The first-order chi connectivity index (χ1) is 8.95. The summed E-state index contributed by atoms with van der Waals surface area (Å²) in [6.07, 6.45) is 2.54. The summed E-state index contributed by atoms with van der Waals surface area (Å²) in [5.41, 5.74) is 6.18. The zero-order chi connectivity index (χ0) is 14.0. The second-order valence-corrected chi connectivity index (χ2v) is 6.40. The van der Waals surface area contributed by atoms with Gasteiger partial charge in [0.25, 0.3) is 0 Å². The van der Waals surface area contributed by atoms with E-state index in [1.54, 1.807) is 0 Å². The molecular weight excluding hydrogens is 324 g/mol. The first-order valence-electron chi connectivity index (χ1n) is 6.32. The van der Waals surface area contributed by atoms with Gasteiger partial charge in [-0.2, -0.15) is 0 Å². The largest absolute Gasteiger partial charge is 0.392 e. The Bertz CT molecular complexity index is 497. The van der Waals surface area contributed by atoms with E-state index in [1.165, 1.54) is 0 Å². The van der Waals surface area contributed by atoms with Crippen LogP contribution in [0.25, 0.3) is 0 Å². The number of rotatable bonds is 4. The summed E-state index contributed by atoms with van der Waals surface area (Å²) in [6, 6.07) is 7.86. The topological polar surface area (TPSA) is 55.1 Å². The van der Waals surface area contributed by atoms with Crippen LogP contribution in [0.3, 0.4) is 0 Å². The molecule has 5 heteroatoms. The Labute approximate surface area is 127 Å². The number of halogens is 1. The molecule has 1 aromatic rings. The van der Waals surface area contributed by atoms with E-state index >= 15 is 0 Å². The Morgan fingerprint density at radius 2 is 2.00 bits per heavy atom. The van der Waals surface area contributed by atoms with Crippen molar-refractivity contribution in [1.82, 2.24) is 5.32 Å². The third-order valence-corrected chi connectivity index (χ3v) is 4.75. The maximum atomic E-state index is 12.4. The maximum absolute atomic E-state index is 12.4.